The molecule has 1 aliphatic rings. The molecule has 0 unspecified atom stereocenters. The second-order valence-electron chi connectivity index (χ2n) is 7.63. The molecule has 5 N–H and O–H groups in total. The molecule has 0 fully saturated rings. The first-order valence-corrected chi connectivity index (χ1v) is 11.2. The summed E-state index contributed by atoms with van der Waals surface area (Å²) in [6.07, 6.45) is 12.6. The second kappa shape index (κ2) is 9.68. The van der Waals surface area contributed by atoms with E-state index < -0.39 is 5.82 Å². The SMILES string of the molecule is C#Cc1cnc2c(Cl)cc(N[C@H](C3=CNNN3)c3cccnc3)cc2c1Nc1cccc(Cl)c1F. The fraction of sp³-hybridized carbons (Fsp3) is 0.0400. The van der Waals surface area contributed by atoms with Crippen molar-refractivity contribution in [3.8, 4) is 12.3 Å². The lowest BCUT2D eigenvalue weighted by Crippen LogP contribution is -2.33. The van der Waals surface area contributed by atoms with Gasteiger partial charge in [-0.3, -0.25) is 9.97 Å². The maximum atomic E-state index is 14.7. The minimum atomic E-state index is -0.585. The summed E-state index contributed by atoms with van der Waals surface area (Å²) in [6.45, 7) is 0. The Morgan fingerprint density at radius 3 is 2.71 bits per heavy atom. The van der Waals surface area contributed by atoms with E-state index in [0.29, 0.717) is 32.9 Å². The van der Waals surface area contributed by atoms with Gasteiger partial charge < -0.3 is 21.5 Å². The summed E-state index contributed by atoms with van der Waals surface area (Å²) in [7, 11) is 0. The first-order chi connectivity index (χ1) is 17.0. The van der Waals surface area contributed by atoms with Gasteiger partial charge in [-0.2, -0.15) is 5.53 Å². The number of nitrogens with zero attached hydrogens (tertiary/aromatic N) is 2. The molecule has 174 valence electrons. The van der Waals surface area contributed by atoms with Crippen molar-refractivity contribution in [3.63, 3.8) is 0 Å². The first-order valence-electron chi connectivity index (χ1n) is 10.5. The maximum absolute atomic E-state index is 14.7. The molecule has 4 aromatic rings. The molecule has 0 spiro atoms. The quantitative estimate of drug-likeness (QED) is 0.224. The van der Waals surface area contributed by atoms with E-state index in [9.17, 15) is 4.39 Å². The van der Waals surface area contributed by atoms with Crippen molar-refractivity contribution in [1.82, 2.24) is 26.4 Å². The third-order valence-corrected chi connectivity index (χ3v) is 6.02. The van der Waals surface area contributed by atoms with Crippen LogP contribution in [-0.4, -0.2) is 9.97 Å². The van der Waals surface area contributed by atoms with Gasteiger partial charge in [-0.1, -0.05) is 41.3 Å². The van der Waals surface area contributed by atoms with E-state index in [1.807, 2.05) is 18.2 Å². The predicted molar refractivity (Wildman–Crippen MR) is 137 cm³/mol. The number of pyridine rings is 2. The van der Waals surface area contributed by atoms with Crippen LogP contribution in [0.15, 0.2) is 73.0 Å². The van der Waals surface area contributed by atoms with Crippen molar-refractivity contribution in [2.75, 3.05) is 10.6 Å². The van der Waals surface area contributed by atoms with Crippen molar-refractivity contribution in [2.45, 2.75) is 6.04 Å². The highest BCUT2D eigenvalue weighted by Gasteiger charge is 2.21. The summed E-state index contributed by atoms with van der Waals surface area (Å²) < 4.78 is 14.7. The normalized spacial score (nSPS) is 13.4. The summed E-state index contributed by atoms with van der Waals surface area (Å²) in [6, 6.07) is 11.9. The standard InChI is InChI=1S/C25H18Cl2FN7/c1-2-14-12-30-25-17(23(14)33-20-7-3-6-18(26)22(20)28)9-16(10-19(25)27)32-24(21-13-31-35-34-21)15-5-4-8-29-11-15/h1,3-13,24,31-32,34-35H,(H,30,33)/t24-/m0/s1. The van der Waals surface area contributed by atoms with Gasteiger partial charge in [0.05, 0.1) is 44.2 Å². The van der Waals surface area contributed by atoms with Crippen LogP contribution in [0.3, 0.4) is 0 Å². The van der Waals surface area contributed by atoms with Crippen LogP contribution in [0.25, 0.3) is 10.9 Å². The number of terminal acetylenes is 1. The molecular formula is C25H18Cl2FN7. The van der Waals surface area contributed by atoms with Gasteiger partial charge in [0.25, 0.3) is 0 Å². The van der Waals surface area contributed by atoms with E-state index in [1.54, 1.807) is 36.8 Å². The topological polar surface area (TPSA) is 85.9 Å². The molecule has 1 atom stereocenters. The number of aromatic nitrogens is 2. The van der Waals surface area contributed by atoms with Crippen molar-refractivity contribution in [1.29, 1.82) is 0 Å². The highest BCUT2D eigenvalue weighted by atomic mass is 35.5. The zero-order valence-electron chi connectivity index (χ0n) is 18.0. The molecule has 0 aliphatic carbocycles. The molecule has 10 heteroatoms. The molecule has 1 aliphatic heterocycles. The predicted octanol–water partition coefficient (Wildman–Crippen LogP) is 5.41. The molecule has 2 aromatic heterocycles. The number of nitrogens with one attached hydrogen (secondary N) is 5. The monoisotopic (exact) mass is 505 g/mol. The van der Waals surface area contributed by atoms with E-state index in [4.69, 9.17) is 29.6 Å². The zero-order valence-corrected chi connectivity index (χ0v) is 19.5. The van der Waals surface area contributed by atoms with Crippen molar-refractivity contribution < 1.29 is 4.39 Å². The van der Waals surface area contributed by atoms with Crippen LogP contribution in [0.2, 0.25) is 10.0 Å². The van der Waals surface area contributed by atoms with E-state index in [1.165, 1.54) is 12.3 Å². The summed E-state index contributed by atoms with van der Waals surface area (Å²) >= 11 is 12.6. The van der Waals surface area contributed by atoms with Gasteiger partial charge in [0.2, 0.25) is 0 Å². The fourth-order valence-corrected chi connectivity index (χ4v) is 4.23. The number of benzene rings is 2. The molecule has 0 bridgehead atoms. The van der Waals surface area contributed by atoms with E-state index >= 15 is 0 Å². The number of rotatable bonds is 6. The van der Waals surface area contributed by atoms with Crippen LogP contribution in [0, 0.1) is 18.2 Å². The van der Waals surface area contributed by atoms with Crippen LogP contribution < -0.4 is 27.0 Å². The van der Waals surface area contributed by atoms with Gasteiger partial charge in [-0.15, -0.1) is 6.42 Å². The number of halogens is 3. The zero-order chi connectivity index (χ0) is 24.4. The Kier molecular flexibility index (Phi) is 6.29. The molecule has 0 saturated heterocycles. The van der Waals surface area contributed by atoms with Crippen molar-refractivity contribution >= 4 is 51.2 Å². The Labute approximate surface area is 210 Å². The third kappa shape index (κ3) is 4.53. The van der Waals surface area contributed by atoms with Crippen LogP contribution in [0.4, 0.5) is 21.5 Å². The molecule has 0 saturated carbocycles. The van der Waals surface area contributed by atoms with Gasteiger partial charge >= 0.3 is 0 Å². The largest absolute Gasteiger partial charge is 0.373 e. The Bertz CT molecular complexity index is 1490. The maximum Gasteiger partial charge on any atom is 0.165 e. The van der Waals surface area contributed by atoms with Crippen molar-refractivity contribution in [3.05, 3.63) is 99.9 Å². The second-order valence-corrected chi connectivity index (χ2v) is 8.44. The highest BCUT2D eigenvalue weighted by Crippen LogP contribution is 2.37. The lowest BCUT2D eigenvalue weighted by molar-refractivity contribution is 0.583. The lowest BCUT2D eigenvalue weighted by Gasteiger charge is -2.22. The molecule has 7 nitrogen and oxygen atoms in total. The molecule has 0 radical (unpaired) electrons. The first kappa shape index (κ1) is 22.7. The van der Waals surface area contributed by atoms with Crippen LogP contribution in [0.5, 0.6) is 0 Å². The molecular weight excluding hydrogens is 488 g/mol. The van der Waals surface area contributed by atoms with Crippen LogP contribution in [0.1, 0.15) is 17.2 Å². The smallest absolute Gasteiger partial charge is 0.165 e. The minimum Gasteiger partial charge on any atom is -0.373 e. The molecule has 2 aromatic carbocycles. The third-order valence-electron chi connectivity index (χ3n) is 5.44. The number of anilines is 3. The Hall–Kier alpha value is -4.03. The summed E-state index contributed by atoms with van der Waals surface area (Å²) in [4.78, 5) is 8.67. The Morgan fingerprint density at radius 1 is 1.09 bits per heavy atom. The van der Waals surface area contributed by atoms with E-state index in [-0.39, 0.29) is 16.8 Å². The summed E-state index contributed by atoms with van der Waals surface area (Å²) in [5.41, 5.74) is 12.9. The van der Waals surface area contributed by atoms with Gasteiger partial charge in [-0.25, -0.2) is 4.39 Å². The number of hydrogen-bond donors (Lipinski definition) is 5. The minimum absolute atomic E-state index is 0.00474. The number of fused-ring (bicyclic) bond motifs is 1. The average Bonchev–Trinajstić information content (AvgIpc) is 3.41. The average molecular weight is 506 g/mol. The van der Waals surface area contributed by atoms with Gasteiger partial charge in [0, 0.05) is 35.9 Å². The lowest BCUT2D eigenvalue weighted by atomic mass is 10.0. The van der Waals surface area contributed by atoms with Crippen molar-refractivity contribution in [2.24, 2.45) is 0 Å². The molecule has 3 heterocycles. The number of hydrazine groups is 2. The summed E-state index contributed by atoms with van der Waals surface area (Å²) in [5, 5.41) is 7.58. The van der Waals surface area contributed by atoms with E-state index in [0.717, 1.165) is 11.3 Å². The highest BCUT2D eigenvalue weighted by molar-refractivity contribution is 6.36. The molecule has 5 rings (SSSR count). The number of hydrogen-bond acceptors (Lipinski definition) is 7. The van der Waals surface area contributed by atoms with Gasteiger partial charge in [0.15, 0.2) is 5.82 Å². The van der Waals surface area contributed by atoms with Gasteiger partial charge in [-0.05, 0) is 35.9 Å². The Balaban J connectivity index is 1.62. The van der Waals surface area contributed by atoms with Crippen LogP contribution >= 0.6 is 23.2 Å². The van der Waals surface area contributed by atoms with Gasteiger partial charge in [0.1, 0.15) is 0 Å². The molecule has 35 heavy (non-hydrogen) atoms. The molecule has 0 amide bonds. The fourth-order valence-electron chi connectivity index (χ4n) is 3.79. The Morgan fingerprint density at radius 2 is 1.97 bits per heavy atom. The van der Waals surface area contributed by atoms with E-state index in [2.05, 4.69) is 42.9 Å². The van der Waals surface area contributed by atoms with Crippen LogP contribution in [-0.2, 0) is 0 Å². The summed E-state index contributed by atoms with van der Waals surface area (Å²) in [5.74, 6) is 2.02.